The summed E-state index contributed by atoms with van der Waals surface area (Å²) in [4.78, 5) is 13.0. The Kier molecular flexibility index (Phi) is 5.15. The average Bonchev–Trinajstić information content (AvgIpc) is 2.26. The van der Waals surface area contributed by atoms with Crippen molar-refractivity contribution in [2.24, 2.45) is 5.92 Å². The van der Waals surface area contributed by atoms with E-state index < -0.39 is 5.97 Å². The molecule has 94 valence electrons. The highest BCUT2D eigenvalue weighted by molar-refractivity contribution is 9.10. The molecule has 17 heavy (non-hydrogen) atoms. The fourth-order valence-electron chi connectivity index (χ4n) is 1.80. The summed E-state index contributed by atoms with van der Waals surface area (Å²) in [6.45, 7) is 1.75. The third-order valence-corrected chi connectivity index (χ3v) is 3.61. The Morgan fingerprint density at radius 1 is 1.41 bits per heavy atom. The molecule has 0 amide bonds. The van der Waals surface area contributed by atoms with Gasteiger partial charge in [0.25, 0.3) is 0 Å². The molecule has 1 N–H and O–H groups in total. The van der Waals surface area contributed by atoms with Gasteiger partial charge in [0.2, 0.25) is 0 Å². The Hall–Kier alpha value is -0.870. The number of rotatable bonds is 5. The number of hydrogen-bond acceptors (Lipinski definition) is 2. The van der Waals surface area contributed by atoms with E-state index in [1.54, 1.807) is 6.92 Å². The van der Waals surface area contributed by atoms with Gasteiger partial charge >= 0.3 is 5.97 Å². The second-order valence-corrected chi connectivity index (χ2v) is 5.33. The van der Waals surface area contributed by atoms with Crippen LogP contribution in [0.25, 0.3) is 0 Å². The maximum atomic E-state index is 10.9. The van der Waals surface area contributed by atoms with Crippen LogP contribution in [0, 0.1) is 5.92 Å². The van der Waals surface area contributed by atoms with Gasteiger partial charge in [0.05, 0.1) is 5.92 Å². The van der Waals surface area contributed by atoms with Crippen LogP contribution < -0.4 is 0 Å². The van der Waals surface area contributed by atoms with Gasteiger partial charge in [-0.05, 0) is 32.1 Å². The monoisotopic (exact) mass is 299 g/mol. The van der Waals surface area contributed by atoms with E-state index in [4.69, 9.17) is 5.11 Å². The zero-order chi connectivity index (χ0) is 13.0. The van der Waals surface area contributed by atoms with Crippen molar-refractivity contribution in [1.82, 2.24) is 4.90 Å². The maximum absolute atomic E-state index is 10.9. The number of carbonyl (C=O) groups is 1. The normalized spacial score (nSPS) is 14.6. The van der Waals surface area contributed by atoms with E-state index in [1.165, 1.54) is 0 Å². The quantitative estimate of drug-likeness (QED) is 0.908. The lowest BCUT2D eigenvalue weighted by atomic mass is 9.95. The standard InChI is InChI=1S/C13H18BrNO2/c1-9(13(16)17)8-12(15(2)3)10-6-4-5-7-11(10)14/h4-7,9,12H,8H2,1-3H3,(H,16,17). The van der Waals surface area contributed by atoms with Gasteiger partial charge in [-0.15, -0.1) is 0 Å². The summed E-state index contributed by atoms with van der Waals surface area (Å²) in [5.74, 6) is -1.10. The first kappa shape index (κ1) is 14.2. The first-order valence-corrected chi connectivity index (χ1v) is 6.36. The lowest BCUT2D eigenvalue weighted by Crippen LogP contribution is -2.25. The largest absolute Gasteiger partial charge is 0.481 e. The van der Waals surface area contributed by atoms with Gasteiger partial charge in [0.15, 0.2) is 0 Å². The second-order valence-electron chi connectivity index (χ2n) is 4.48. The van der Waals surface area contributed by atoms with Crippen LogP contribution in [0.15, 0.2) is 28.7 Å². The van der Waals surface area contributed by atoms with Crippen LogP contribution >= 0.6 is 15.9 Å². The average molecular weight is 300 g/mol. The Morgan fingerprint density at radius 2 is 2.00 bits per heavy atom. The Morgan fingerprint density at radius 3 is 2.47 bits per heavy atom. The van der Waals surface area contributed by atoms with E-state index in [0.29, 0.717) is 6.42 Å². The summed E-state index contributed by atoms with van der Waals surface area (Å²) < 4.78 is 1.02. The minimum atomic E-state index is -0.746. The third-order valence-electron chi connectivity index (χ3n) is 2.89. The van der Waals surface area contributed by atoms with E-state index >= 15 is 0 Å². The molecule has 4 heteroatoms. The SMILES string of the molecule is CC(CC(c1ccccc1Br)N(C)C)C(=O)O. The van der Waals surface area contributed by atoms with E-state index in [9.17, 15) is 4.79 Å². The molecule has 0 aromatic heterocycles. The molecule has 2 atom stereocenters. The molecule has 0 bridgehead atoms. The van der Waals surface area contributed by atoms with Crippen LogP contribution in [0.2, 0.25) is 0 Å². The minimum Gasteiger partial charge on any atom is -0.481 e. The number of aliphatic carboxylic acids is 1. The molecular formula is C13H18BrNO2. The molecule has 0 radical (unpaired) electrons. The fraction of sp³-hybridized carbons (Fsp3) is 0.462. The number of hydrogen-bond donors (Lipinski definition) is 1. The van der Waals surface area contributed by atoms with Crippen molar-refractivity contribution < 1.29 is 9.90 Å². The summed E-state index contributed by atoms with van der Waals surface area (Å²) in [5, 5.41) is 9.00. The van der Waals surface area contributed by atoms with E-state index in [-0.39, 0.29) is 12.0 Å². The van der Waals surface area contributed by atoms with Gasteiger partial charge in [-0.1, -0.05) is 41.1 Å². The number of carboxylic acid groups (broad SMARTS) is 1. The number of nitrogens with zero attached hydrogens (tertiary/aromatic N) is 1. The molecule has 1 aromatic rings. The molecule has 0 saturated heterocycles. The predicted molar refractivity (Wildman–Crippen MR) is 72.0 cm³/mol. The Labute approximate surface area is 111 Å². The molecule has 0 aliphatic carbocycles. The molecule has 2 unspecified atom stereocenters. The molecule has 3 nitrogen and oxygen atoms in total. The van der Waals surface area contributed by atoms with Crippen molar-refractivity contribution in [3.05, 3.63) is 34.3 Å². The molecule has 0 heterocycles. The molecule has 0 aliphatic rings. The van der Waals surface area contributed by atoms with Crippen LogP contribution in [0.5, 0.6) is 0 Å². The second kappa shape index (κ2) is 6.17. The zero-order valence-corrected chi connectivity index (χ0v) is 11.9. The lowest BCUT2D eigenvalue weighted by Gasteiger charge is -2.27. The van der Waals surface area contributed by atoms with Gasteiger partial charge in [-0.3, -0.25) is 4.79 Å². The van der Waals surface area contributed by atoms with Crippen molar-refractivity contribution in [3.8, 4) is 0 Å². The van der Waals surface area contributed by atoms with Crippen LogP contribution in [0.3, 0.4) is 0 Å². The van der Waals surface area contributed by atoms with Gasteiger partial charge in [-0.2, -0.15) is 0 Å². The molecule has 1 rings (SSSR count). The van der Waals surface area contributed by atoms with Crippen LogP contribution in [-0.2, 0) is 4.79 Å². The summed E-state index contributed by atoms with van der Waals surface area (Å²) in [6.07, 6.45) is 0.602. The molecule has 0 saturated carbocycles. The topological polar surface area (TPSA) is 40.5 Å². The first-order valence-electron chi connectivity index (χ1n) is 5.57. The molecule has 0 fully saturated rings. The van der Waals surface area contributed by atoms with E-state index in [0.717, 1.165) is 10.0 Å². The van der Waals surface area contributed by atoms with Crippen LogP contribution in [-0.4, -0.2) is 30.1 Å². The minimum absolute atomic E-state index is 0.108. The van der Waals surface area contributed by atoms with Crippen molar-refractivity contribution in [3.63, 3.8) is 0 Å². The third kappa shape index (κ3) is 3.82. The maximum Gasteiger partial charge on any atom is 0.306 e. The van der Waals surface area contributed by atoms with Crippen LogP contribution in [0.1, 0.15) is 24.9 Å². The van der Waals surface area contributed by atoms with Gasteiger partial charge < -0.3 is 10.0 Å². The summed E-state index contributed by atoms with van der Waals surface area (Å²) in [6, 6.07) is 8.06. The molecule has 0 aliphatic heterocycles. The summed E-state index contributed by atoms with van der Waals surface area (Å²) in [7, 11) is 3.94. The van der Waals surface area contributed by atoms with Crippen molar-refractivity contribution in [2.75, 3.05) is 14.1 Å². The first-order chi connectivity index (χ1) is 7.93. The number of carboxylic acids is 1. The summed E-state index contributed by atoms with van der Waals surface area (Å²) >= 11 is 3.52. The highest BCUT2D eigenvalue weighted by Crippen LogP contribution is 2.31. The highest BCUT2D eigenvalue weighted by Gasteiger charge is 2.22. The number of halogens is 1. The molecule has 1 aromatic carbocycles. The lowest BCUT2D eigenvalue weighted by molar-refractivity contribution is -0.141. The predicted octanol–water partition coefficient (Wildman–Crippen LogP) is 3.16. The van der Waals surface area contributed by atoms with Crippen molar-refractivity contribution >= 4 is 21.9 Å². The Bertz CT molecular complexity index is 393. The van der Waals surface area contributed by atoms with Crippen LogP contribution in [0.4, 0.5) is 0 Å². The zero-order valence-electron chi connectivity index (χ0n) is 10.4. The van der Waals surface area contributed by atoms with Gasteiger partial charge in [0.1, 0.15) is 0 Å². The molecule has 0 spiro atoms. The smallest absolute Gasteiger partial charge is 0.306 e. The highest BCUT2D eigenvalue weighted by atomic mass is 79.9. The van der Waals surface area contributed by atoms with Crippen molar-refractivity contribution in [2.45, 2.75) is 19.4 Å². The van der Waals surface area contributed by atoms with Gasteiger partial charge in [0, 0.05) is 10.5 Å². The molecular weight excluding hydrogens is 282 g/mol. The van der Waals surface area contributed by atoms with E-state index in [1.807, 2.05) is 38.4 Å². The van der Waals surface area contributed by atoms with Gasteiger partial charge in [-0.25, -0.2) is 0 Å². The van der Waals surface area contributed by atoms with E-state index in [2.05, 4.69) is 20.8 Å². The Balaban J connectivity index is 2.94. The summed E-state index contributed by atoms with van der Waals surface area (Å²) in [5.41, 5.74) is 1.13. The number of benzene rings is 1. The van der Waals surface area contributed by atoms with Crippen molar-refractivity contribution in [1.29, 1.82) is 0 Å². The fourth-order valence-corrected chi connectivity index (χ4v) is 2.35.